The fourth-order valence-electron chi connectivity index (χ4n) is 1.85. The Hall–Kier alpha value is -2.11. The van der Waals surface area contributed by atoms with E-state index in [1.54, 1.807) is 18.2 Å². The van der Waals surface area contributed by atoms with Gasteiger partial charge in [-0.25, -0.2) is 4.39 Å². The van der Waals surface area contributed by atoms with Crippen LogP contribution in [0.2, 0.25) is 10.0 Å². The van der Waals surface area contributed by atoms with Crippen LogP contribution in [0.25, 0.3) is 0 Å². The third kappa shape index (κ3) is 4.94. The van der Waals surface area contributed by atoms with Crippen molar-refractivity contribution in [2.75, 3.05) is 11.9 Å². The van der Waals surface area contributed by atoms with E-state index < -0.39 is 11.8 Å². The lowest BCUT2D eigenvalue weighted by Gasteiger charge is -2.08. The van der Waals surface area contributed by atoms with Crippen LogP contribution in [0.5, 0.6) is 0 Å². The zero-order valence-electron chi connectivity index (χ0n) is 11.9. The number of anilines is 1. The monoisotopic (exact) mass is 354 g/mol. The van der Waals surface area contributed by atoms with Crippen LogP contribution in [0.15, 0.2) is 42.5 Å². The average molecular weight is 355 g/mol. The Labute approximate surface area is 142 Å². The Balaban J connectivity index is 1.84. The molecule has 2 aromatic carbocycles. The fourth-order valence-corrected chi connectivity index (χ4v) is 2.15. The highest BCUT2D eigenvalue weighted by atomic mass is 35.5. The highest BCUT2D eigenvalue weighted by Gasteiger charge is 2.14. The van der Waals surface area contributed by atoms with Crippen LogP contribution in [-0.4, -0.2) is 18.4 Å². The molecule has 0 aliphatic carbocycles. The second-order valence-electron chi connectivity index (χ2n) is 4.68. The highest BCUT2D eigenvalue weighted by Crippen LogP contribution is 2.24. The van der Waals surface area contributed by atoms with Gasteiger partial charge in [0.05, 0.1) is 10.0 Å². The van der Waals surface area contributed by atoms with Gasteiger partial charge in [-0.05, 0) is 36.2 Å². The number of hydrogen-bond donors (Lipinski definition) is 2. The molecule has 0 atom stereocenters. The fraction of sp³-hybridized carbons (Fsp3) is 0.125. The van der Waals surface area contributed by atoms with Gasteiger partial charge >= 0.3 is 11.8 Å². The Bertz CT molecular complexity index is 738. The van der Waals surface area contributed by atoms with Gasteiger partial charge in [0.15, 0.2) is 0 Å². The van der Waals surface area contributed by atoms with Crippen molar-refractivity contribution in [1.82, 2.24) is 5.32 Å². The van der Waals surface area contributed by atoms with Crippen LogP contribution in [0.3, 0.4) is 0 Å². The molecule has 0 unspecified atom stereocenters. The van der Waals surface area contributed by atoms with Crippen LogP contribution in [-0.2, 0) is 16.0 Å². The van der Waals surface area contributed by atoms with Crippen LogP contribution in [0, 0.1) is 5.82 Å². The summed E-state index contributed by atoms with van der Waals surface area (Å²) in [7, 11) is 0. The summed E-state index contributed by atoms with van der Waals surface area (Å²) in [6.07, 6.45) is 0.290. The molecule has 7 heteroatoms. The molecule has 4 nitrogen and oxygen atoms in total. The van der Waals surface area contributed by atoms with Gasteiger partial charge in [-0.2, -0.15) is 0 Å². The summed E-state index contributed by atoms with van der Waals surface area (Å²) >= 11 is 11.6. The molecule has 0 heterocycles. The first kappa shape index (κ1) is 17.2. The van der Waals surface area contributed by atoms with Crippen LogP contribution >= 0.6 is 23.2 Å². The number of hydrogen-bond acceptors (Lipinski definition) is 2. The lowest BCUT2D eigenvalue weighted by atomic mass is 10.1. The van der Waals surface area contributed by atoms with Gasteiger partial charge < -0.3 is 10.6 Å². The molecule has 0 fully saturated rings. The molecule has 0 aliphatic rings. The standard InChI is InChI=1S/C16H13Cl2FN2O2/c17-12-6-5-11(9-13(12)18)21-16(23)15(22)20-8-7-10-3-1-2-4-14(10)19/h1-6,9H,7-8H2,(H,20,22)(H,21,23). The summed E-state index contributed by atoms with van der Waals surface area (Å²) in [5, 5.41) is 5.44. The minimum atomic E-state index is -0.836. The van der Waals surface area contributed by atoms with E-state index in [4.69, 9.17) is 23.2 Å². The number of amides is 2. The summed E-state index contributed by atoms with van der Waals surface area (Å²) in [5.41, 5.74) is 0.825. The number of nitrogens with one attached hydrogen (secondary N) is 2. The SMILES string of the molecule is O=C(NCCc1ccccc1F)C(=O)Nc1ccc(Cl)c(Cl)c1. The van der Waals surface area contributed by atoms with Crippen LogP contribution < -0.4 is 10.6 Å². The van der Waals surface area contributed by atoms with Crippen molar-refractivity contribution in [3.05, 3.63) is 63.9 Å². The molecule has 2 amide bonds. The molecule has 120 valence electrons. The molecule has 0 radical (unpaired) electrons. The smallest absolute Gasteiger partial charge is 0.313 e. The maximum Gasteiger partial charge on any atom is 0.313 e. The van der Waals surface area contributed by atoms with Gasteiger partial charge in [0.2, 0.25) is 0 Å². The molecule has 0 saturated heterocycles. The molecule has 0 bridgehead atoms. The number of halogens is 3. The van der Waals surface area contributed by atoms with Crippen molar-refractivity contribution < 1.29 is 14.0 Å². The Morgan fingerprint density at radius 3 is 2.43 bits per heavy atom. The van der Waals surface area contributed by atoms with E-state index in [1.807, 2.05) is 0 Å². The predicted octanol–water partition coefficient (Wildman–Crippen LogP) is 3.43. The van der Waals surface area contributed by atoms with E-state index in [0.717, 1.165) is 0 Å². The first-order chi connectivity index (χ1) is 11.0. The van der Waals surface area contributed by atoms with Gasteiger partial charge in [-0.1, -0.05) is 41.4 Å². The molecule has 0 aromatic heterocycles. The van der Waals surface area contributed by atoms with Gasteiger partial charge in [0, 0.05) is 12.2 Å². The van der Waals surface area contributed by atoms with Crippen molar-refractivity contribution in [3.8, 4) is 0 Å². The Morgan fingerprint density at radius 2 is 1.74 bits per heavy atom. The first-order valence-corrected chi connectivity index (χ1v) is 7.50. The number of carbonyl (C=O) groups is 2. The molecular formula is C16H13Cl2FN2O2. The maximum absolute atomic E-state index is 13.4. The first-order valence-electron chi connectivity index (χ1n) is 6.75. The van der Waals surface area contributed by atoms with E-state index in [9.17, 15) is 14.0 Å². The third-order valence-electron chi connectivity index (χ3n) is 3.02. The summed E-state index contributed by atoms with van der Waals surface area (Å²) in [5.74, 6) is -1.99. The summed E-state index contributed by atoms with van der Waals surface area (Å²) in [4.78, 5) is 23.4. The molecule has 23 heavy (non-hydrogen) atoms. The topological polar surface area (TPSA) is 58.2 Å². The van der Waals surface area contributed by atoms with Crippen LogP contribution in [0.1, 0.15) is 5.56 Å². The van der Waals surface area contributed by atoms with E-state index in [-0.39, 0.29) is 17.4 Å². The van der Waals surface area contributed by atoms with Gasteiger partial charge in [-0.3, -0.25) is 9.59 Å². The quantitative estimate of drug-likeness (QED) is 0.826. The second kappa shape index (κ2) is 7.94. The molecule has 0 saturated carbocycles. The normalized spacial score (nSPS) is 10.2. The largest absolute Gasteiger partial charge is 0.347 e. The lowest BCUT2D eigenvalue weighted by molar-refractivity contribution is -0.136. The molecule has 2 rings (SSSR count). The number of rotatable bonds is 4. The van der Waals surface area contributed by atoms with E-state index in [0.29, 0.717) is 22.7 Å². The maximum atomic E-state index is 13.4. The zero-order valence-corrected chi connectivity index (χ0v) is 13.4. The minimum absolute atomic E-state index is 0.147. The lowest BCUT2D eigenvalue weighted by Crippen LogP contribution is -2.36. The summed E-state index contributed by atoms with van der Waals surface area (Å²) in [6, 6.07) is 10.7. The van der Waals surface area contributed by atoms with Crippen molar-refractivity contribution in [2.24, 2.45) is 0 Å². The Kier molecular flexibility index (Phi) is 5.96. The van der Waals surface area contributed by atoms with Crippen LogP contribution in [0.4, 0.5) is 10.1 Å². The molecule has 2 N–H and O–H groups in total. The van der Waals surface area contributed by atoms with Gasteiger partial charge in [0.1, 0.15) is 5.82 Å². The van der Waals surface area contributed by atoms with Crippen molar-refractivity contribution in [1.29, 1.82) is 0 Å². The van der Waals surface area contributed by atoms with Crippen molar-refractivity contribution in [2.45, 2.75) is 6.42 Å². The number of benzene rings is 2. The molecule has 0 aliphatic heterocycles. The van der Waals surface area contributed by atoms with E-state index >= 15 is 0 Å². The average Bonchev–Trinajstić information content (AvgIpc) is 2.52. The van der Waals surface area contributed by atoms with E-state index in [1.165, 1.54) is 24.3 Å². The summed E-state index contributed by atoms with van der Waals surface area (Å²) < 4.78 is 13.4. The Morgan fingerprint density at radius 1 is 1.00 bits per heavy atom. The second-order valence-corrected chi connectivity index (χ2v) is 5.49. The highest BCUT2D eigenvalue weighted by molar-refractivity contribution is 6.42. The van der Waals surface area contributed by atoms with Gasteiger partial charge in [0.25, 0.3) is 0 Å². The van der Waals surface area contributed by atoms with E-state index in [2.05, 4.69) is 10.6 Å². The van der Waals surface area contributed by atoms with Crippen molar-refractivity contribution in [3.63, 3.8) is 0 Å². The van der Waals surface area contributed by atoms with Crippen molar-refractivity contribution >= 4 is 40.7 Å². The molecular weight excluding hydrogens is 342 g/mol. The number of carbonyl (C=O) groups excluding carboxylic acids is 2. The van der Waals surface area contributed by atoms with Gasteiger partial charge in [-0.15, -0.1) is 0 Å². The molecule has 0 spiro atoms. The third-order valence-corrected chi connectivity index (χ3v) is 3.76. The molecule has 2 aromatic rings. The minimum Gasteiger partial charge on any atom is -0.347 e. The zero-order chi connectivity index (χ0) is 16.8. The predicted molar refractivity (Wildman–Crippen MR) is 88.2 cm³/mol. The summed E-state index contributed by atoms with van der Waals surface area (Å²) in [6.45, 7) is 0.147.